The van der Waals surface area contributed by atoms with Crippen LogP contribution in [-0.4, -0.2) is 46.7 Å². The number of hydrogen-bond donors (Lipinski definition) is 3. The van der Waals surface area contributed by atoms with Gasteiger partial charge >= 0.3 is 11.9 Å². The summed E-state index contributed by atoms with van der Waals surface area (Å²) in [7, 11) is 0. The Morgan fingerprint density at radius 3 is 2.42 bits per heavy atom. The minimum Gasteiger partial charge on any atom is -0.481 e. The predicted molar refractivity (Wildman–Crippen MR) is 211 cm³/mol. The number of ketones is 1. The summed E-state index contributed by atoms with van der Waals surface area (Å²) in [6.07, 6.45) is 9.16. The molecule has 8 atom stereocenters. The van der Waals surface area contributed by atoms with Crippen molar-refractivity contribution in [3.05, 3.63) is 46.0 Å². The number of halogens is 1. The van der Waals surface area contributed by atoms with Crippen LogP contribution in [0.4, 0.5) is 0 Å². The van der Waals surface area contributed by atoms with Gasteiger partial charge in [0.1, 0.15) is 6.10 Å². The maximum atomic E-state index is 14.0. The third-order valence-corrected chi connectivity index (χ3v) is 15.5. The van der Waals surface area contributed by atoms with Crippen molar-refractivity contribution in [2.24, 2.45) is 50.7 Å². The van der Waals surface area contributed by atoms with Gasteiger partial charge in [-0.25, -0.2) is 0 Å². The van der Waals surface area contributed by atoms with E-state index in [1.807, 2.05) is 24.3 Å². The zero-order valence-electron chi connectivity index (χ0n) is 34.1. The number of allylic oxidation sites excluding steroid dienone is 1. The minimum absolute atomic E-state index is 0.000941. The fourth-order valence-electron chi connectivity index (χ4n) is 11.6. The second-order valence-electron chi connectivity index (χ2n) is 19.5. The molecule has 0 amide bonds. The number of carboxylic acid groups (broad SMARTS) is 1. The quantitative estimate of drug-likeness (QED) is 0.153. The van der Waals surface area contributed by atoms with Gasteiger partial charge in [-0.1, -0.05) is 90.6 Å². The molecule has 3 fully saturated rings. The molecule has 0 saturated heterocycles. The van der Waals surface area contributed by atoms with Crippen LogP contribution in [-0.2, 0) is 25.7 Å². The van der Waals surface area contributed by atoms with Gasteiger partial charge in [-0.2, -0.15) is 0 Å². The predicted octanol–water partition coefficient (Wildman–Crippen LogP) is 9.96. The van der Waals surface area contributed by atoms with Gasteiger partial charge in [0, 0.05) is 35.4 Å². The second-order valence-corrected chi connectivity index (χ2v) is 19.9. The number of ether oxygens (including phenoxy) is 1. The van der Waals surface area contributed by atoms with Gasteiger partial charge in [0.2, 0.25) is 0 Å². The van der Waals surface area contributed by atoms with Gasteiger partial charge in [-0.3, -0.25) is 14.4 Å². The first-order valence-corrected chi connectivity index (χ1v) is 20.9. The lowest BCUT2D eigenvalue weighted by atomic mass is 9.38. The number of benzene rings is 1. The lowest BCUT2D eigenvalue weighted by Crippen LogP contribution is -2.60. The van der Waals surface area contributed by atoms with Crippen molar-refractivity contribution in [1.29, 1.82) is 0 Å². The molecule has 5 rings (SSSR count). The smallest absolute Gasteiger partial charge is 0.309 e. The van der Waals surface area contributed by atoms with Crippen molar-refractivity contribution in [2.45, 2.75) is 158 Å². The maximum absolute atomic E-state index is 14.0. The first-order valence-electron chi connectivity index (χ1n) is 20.6. The Balaban J connectivity index is 1.37. The number of hydrogen-bond acceptors (Lipinski definition) is 6. The summed E-state index contributed by atoms with van der Waals surface area (Å²) >= 11 is 6.23. The molecular weight excluding hydrogens is 686 g/mol. The third-order valence-electron chi connectivity index (χ3n) is 15.3. The number of aliphatic carboxylic acids is 1. The van der Waals surface area contributed by atoms with E-state index in [0.717, 1.165) is 75.3 Å². The molecular formula is C45H68ClNO6. The fourth-order valence-corrected chi connectivity index (χ4v) is 11.8. The average molecular weight is 754 g/mol. The number of fused-ring (bicyclic) bond motifs is 5. The number of Topliss-reactive ketones (excluding diaryl/α,β-unsaturated/α-hetero) is 1. The van der Waals surface area contributed by atoms with Gasteiger partial charge in [-0.05, 0) is 123 Å². The average Bonchev–Trinajstić information content (AvgIpc) is 3.39. The molecule has 0 heterocycles. The summed E-state index contributed by atoms with van der Waals surface area (Å²) in [4.78, 5) is 39.0. The summed E-state index contributed by atoms with van der Waals surface area (Å²) in [5.41, 5.74) is 1.45. The summed E-state index contributed by atoms with van der Waals surface area (Å²) in [5.74, 6) is 0.0540. The van der Waals surface area contributed by atoms with Crippen LogP contribution in [0.5, 0.6) is 0 Å². The number of carbonyl (C=O) groups excluding carboxylic acids is 2. The molecule has 53 heavy (non-hydrogen) atoms. The molecule has 4 aliphatic carbocycles. The molecule has 0 unspecified atom stereocenters. The highest BCUT2D eigenvalue weighted by atomic mass is 35.5. The topological polar surface area (TPSA) is 113 Å². The molecule has 1 aromatic rings. The SMILES string of the molecule is CCCC[C@H](OC(=O)CC(C)(C)C(=O)O)C(C)(C)[C@@H]1CC[C@]2(C)[C@H](CC[C@@H]3C4=C(C(C)C)C(=O)C[C@]4([C@H](O)CNCc4cccc(Cl)c4)CC[C@]32C)C1. The first-order chi connectivity index (χ1) is 24.7. The molecule has 0 aliphatic heterocycles. The summed E-state index contributed by atoms with van der Waals surface area (Å²) < 4.78 is 6.23. The number of rotatable bonds is 15. The molecule has 8 heteroatoms. The normalized spacial score (nSPS) is 31.5. The van der Waals surface area contributed by atoms with Crippen LogP contribution >= 0.6 is 11.6 Å². The Morgan fingerprint density at radius 1 is 1.06 bits per heavy atom. The van der Waals surface area contributed by atoms with Crippen molar-refractivity contribution in [1.82, 2.24) is 5.32 Å². The van der Waals surface area contributed by atoms with Crippen LogP contribution in [0.1, 0.15) is 145 Å². The van der Waals surface area contributed by atoms with E-state index < -0.39 is 28.9 Å². The van der Waals surface area contributed by atoms with Crippen molar-refractivity contribution >= 4 is 29.3 Å². The van der Waals surface area contributed by atoms with E-state index >= 15 is 0 Å². The Hall–Kier alpha value is -2.22. The van der Waals surface area contributed by atoms with Crippen LogP contribution in [0, 0.1) is 50.7 Å². The van der Waals surface area contributed by atoms with Crippen molar-refractivity contribution in [2.75, 3.05) is 6.54 Å². The van der Waals surface area contributed by atoms with Gasteiger partial charge in [0.25, 0.3) is 0 Å². The number of aliphatic hydroxyl groups is 1. The summed E-state index contributed by atoms with van der Waals surface area (Å²) in [6.45, 7) is 20.2. The van der Waals surface area contributed by atoms with Crippen LogP contribution < -0.4 is 5.32 Å². The van der Waals surface area contributed by atoms with E-state index in [4.69, 9.17) is 16.3 Å². The summed E-state index contributed by atoms with van der Waals surface area (Å²) in [5, 5.41) is 25.9. The molecule has 0 spiro atoms. The number of aliphatic hydroxyl groups excluding tert-OH is 1. The van der Waals surface area contributed by atoms with E-state index in [2.05, 4.69) is 53.8 Å². The number of nitrogens with one attached hydrogen (secondary N) is 1. The van der Waals surface area contributed by atoms with E-state index in [-0.39, 0.29) is 46.4 Å². The van der Waals surface area contributed by atoms with Crippen LogP contribution in [0.3, 0.4) is 0 Å². The van der Waals surface area contributed by atoms with Crippen molar-refractivity contribution in [3.63, 3.8) is 0 Å². The Labute approximate surface area is 324 Å². The lowest BCUT2D eigenvalue weighted by molar-refractivity contribution is -0.174. The molecule has 0 bridgehead atoms. The van der Waals surface area contributed by atoms with Gasteiger partial charge < -0.3 is 20.3 Å². The molecule has 0 radical (unpaired) electrons. The van der Waals surface area contributed by atoms with Gasteiger partial charge in [0.05, 0.1) is 17.9 Å². The van der Waals surface area contributed by atoms with Crippen molar-refractivity contribution < 1.29 is 29.3 Å². The van der Waals surface area contributed by atoms with Crippen LogP contribution in [0.15, 0.2) is 35.4 Å². The standard InChI is InChI=1S/C45H68ClNO6/c1-10-11-15-36(53-37(50)25-41(4,5)40(51)52)42(6,7)30-18-19-43(8)31(23-30)16-17-33-39-38(28(2)3)34(48)24-45(39,21-20-44(33,43)9)35(49)27-47-26-29-13-12-14-32(46)22-29/h12-14,22,28,30-31,33,35-36,47,49H,10-11,15-21,23-27H2,1-9H3,(H,51,52)/t30-,31-,33-,35-,36+,43-,44-,45+/m1/s1. The van der Waals surface area contributed by atoms with Gasteiger partial charge in [0.15, 0.2) is 5.78 Å². The Bertz CT molecular complexity index is 1570. The van der Waals surface area contributed by atoms with E-state index in [1.54, 1.807) is 13.8 Å². The minimum atomic E-state index is -1.17. The largest absolute Gasteiger partial charge is 0.481 e. The lowest BCUT2D eigenvalue weighted by Gasteiger charge is -2.67. The maximum Gasteiger partial charge on any atom is 0.309 e. The first kappa shape index (κ1) is 41.9. The molecule has 3 N–H and O–H groups in total. The number of carboxylic acids is 1. The number of carbonyl (C=O) groups is 3. The van der Waals surface area contributed by atoms with Crippen LogP contribution in [0.2, 0.25) is 5.02 Å². The zero-order valence-corrected chi connectivity index (χ0v) is 34.8. The number of unbranched alkanes of at least 4 members (excludes halogenated alkanes) is 1. The Morgan fingerprint density at radius 2 is 1.77 bits per heavy atom. The molecule has 296 valence electrons. The van der Waals surface area contributed by atoms with E-state index in [0.29, 0.717) is 36.4 Å². The van der Waals surface area contributed by atoms with Crippen LogP contribution in [0.25, 0.3) is 0 Å². The Kier molecular flexibility index (Phi) is 12.4. The zero-order chi connectivity index (χ0) is 39.1. The fraction of sp³-hybridized carbons (Fsp3) is 0.756. The molecule has 1 aromatic carbocycles. The summed E-state index contributed by atoms with van der Waals surface area (Å²) in [6, 6.07) is 7.79. The molecule has 0 aromatic heterocycles. The van der Waals surface area contributed by atoms with Crippen molar-refractivity contribution in [3.8, 4) is 0 Å². The van der Waals surface area contributed by atoms with E-state index in [1.165, 1.54) is 5.57 Å². The van der Waals surface area contributed by atoms with E-state index in [9.17, 15) is 24.6 Å². The molecule has 3 saturated carbocycles. The number of esters is 1. The van der Waals surface area contributed by atoms with Gasteiger partial charge in [-0.15, -0.1) is 0 Å². The molecule has 7 nitrogen and oxygen atoms in total. The highest BCUT2D eigenvalue weighted by molar-refractivity contribution is 6.30. The highest BCUT2D eigenvalue weighted by Crippen LogP contribution is 2.73. The second kappa shape index (κ2) is 15.7. The monoisotopic (exact) mass is 753 g/mol. The third kappa shape index (κ3) is 7.79. The highest BCUT2D eigenvalue weighted by Gasteiger charge is 2.66. The molecule has 4 aliphatic rings.